The van der Waals surface area contributed by atoms with E-state index in [9.17, 15) is 4.79 Å². The minimum absolute atomic E-state index is 0.186. The maximum Gasteiger partial charge on any atom is 0.265 e. The summed E-state index contributed by atoms with van der Waals surface area (Å²) in [5, 5.41) is 2.85. The van der Waals surface area contributed by atoms with E-state index in [1.807, 2.05) is 55.5 Å². The predicted molar refractivity (Wildman–Crippen MR) is 96.7 cm³/mol. The Kier molecular flexibility index (Phi) is 6.24. The highest BCUT2D eigenvalue weighted by atomic mass is 16.5. The van der Waals surface area contributed by atoms with Crippen LogP contribution in [0.1, 0.15) is 26.3 Å². The Morgan fingerprint density at radius 1 is 1.04 bits per heavy atom. The van der Waals surface area contributed by atoms with E-state index >= 15 is 0 Å². The lowest BCUT2D eigenvalue weighted by Gasteiger charge is -2.16. The Balaban J connectivity index is 1.90. The first-order valence-corrected chi connectivity index (χ1v) is 8.21. The van der Waals surface area contributed by atoms with Crippen LogP contribution in [-0.4, -0.2) is 18.6 Å². The molecule has 1 atom stereocenters. The summed E-state index contributed by atoms with van der Waals surface area (Å²) in [5.74, 6) is 1.81. The van der Waals surface area contributed by atoms with Crippen LogP contribution in [0.5, 0.6) is 11.5 Å². The summed E-state index contributed by atoms with van der Waals surface area (Å²) in [4.78, 5) is 12.3. The van der Waals surface area contributed by atoms with Gasteiger partial charge in [0.05, 0.1) is 6.61 Å². The molecule has 1 N–H and O–H groups in total. The minimum Gasteiger partial charge on any atom is -0.493 e. The molecule has 128 valence electrons. The average Bonchev–Trinajstić information content (AvgIpc) is 2.56. The van der Waals surface area contributed by atoms with Crippen LogP contribution in [0, 0.1) is 12.8 Å². The number of amides is 1. The van der Waals surface area contributed by atoms with Crippen molar-refractivity contribution < 1.29 is 14.3 Å². The van der Waals surface area contributed by atoms with Crippen molar-refractivity contribution in [2.75, 3.05) is 11.9 Å². The van der Waals surface area contributed by atoms with Crippen LogP contribution in [-0.2, 0) is 4.79 Å². The molecule has 0 aliphatic heterocycles. The number of ether oxygens (including phenoxy) is 2. The van der Waals surface area contributed by atoms with Gasteiger partial charge in [-0.25, -0.2) is 0 Å². The largest absolute Gasteiger partial charge is 0.493 e. The molecule has 24 heavy (non-hydrogen) atoms. The van der Waals surface area contributed by atoms with Crippen LogP contribution >= 0.6 is 0 Å². The van der Waals surface area contributed by atoms with Gasteiger partial charge in [0, 0.05) is 5.69 Å². The zero-order valence-electron chi connectivity index (χ0n) is 14.7. The molecule has 0 aliphatic carbocycles. The molecule has 0 unspecified atom stereocenters. The summed E-state index contributed by atoms with van der Waals surface area (Å²) in [5.41, 5.74) is 1.72. The Bertz CT molecular complexity index is 665. The van der Waals surface area contributed by atoms with Crippen molar-refractivity contribution in [3.05, 3.63) is 54.1 Å². The Morgan fingerprint density at radius 2 is 1.71 bits per heavy atom. The lowest BCUT2D eigenvalue weighted by atomic mass is 10.2. The van der Waals surface area contributed by atoms with E-state index in [4.69, 9.17) is 9.47 Å². The molecule has 1 amide bonds. The van der Waals surface area contributed by atoms with Gasteiger partial charge >= 0.3 is 0 Å². The molecule has 0 radical (unpaired) electrons. The third-order valence-corrected chi connectivity index (χ3v) is 3.47. The van der Waals surface area contributed by atoms with Crippen molar-refractivity contribution in [1.29, 1.82) is 0 Å². The number of carbonyl (C=O) groups excluding carboxylic acids is 1. The number of hydrogen-bond donors (Lipinski definition) is 1. The molecule has 4 nitrogen and oxygen atoms in total. The first-order valence-electron chi connectivity index (χ1n) is 8.21. The van der Waals surface area contributed by atoms with Crippen molar-refractivity contribution in [2.24, 2.45) is 5.92 Å². The highest BCUT2D eigenvalue weighted by molar-refractivity contribution is 5.94. The number of carbonyl (C=O) groups is 1. The molecule has 0 aromatic heterocycles. The van der Waals surface area contributed by atoms with Crippen molar-refractivity contribution in [3.8, 4) is 11.5 Å². The molecule has 0 aliphatic rings. The Hall–Kier alpha value is -2.49. The molecule has 0 spiro atoms. The number of para-hydroxylation sites is 1. The van der Waals surface area contributed by atoms with Crippen molar-refractivity contribution in [2.45, 2.75) is 33.8 Å². The fourth-order valence-electron chi connectivity index (χ4n) is 2.07. The highest BCUT2D eigenvalue weighted by Gasteiger charge is 2.15. The van der Waals surface area contributed by atoms with E-state index in [1.54, 1.807) is 6.92 Å². The molecule has 2 aromatic rings. The second kappa shape index (κ2) is 8.39. The van der Waals surface area contributed by atoms with Gasteiger partial charge in [0.15, 0.2) is 6.10 Å². The molecule has 2 rings (SSSR count). The smallest absolute Gasteiger partial charge is 0.265 e. The van der Waals surface area contributed by atoms with E-state index < -0.39 is 6.10 Å². The average molecular weight is 327 g/mol. The van der Waals surface area contributed by atoms with Gasteiger partial charge in [0.1, 0.15) is 11.5 Å². The molecule has 0 fully saturated rings. The van der Waals surface area contributed by atoms with Crippen LogP contribution in [0.2, 0.25) is 0 Å². The van der Waals surface area contributed by atoms with E-state index in [2.05, 4.69) is 19.2 Å². The molecule has 0 heterocycles. The molecule has 2 aromatic carbocycles. The zero-order chi connectivity index (χ0) is 17.5. The number of nitrogens with one attached hydrogen (secondary N) is 1. The fourth-order valence-corrected chi connectivity index (χ4v) is 2.07. The normalized spacial score (nSPS) is 11.9. The van der Waals surface area contributed by atoms with Gasteiger partial charge in [0.25, 0.3) is 5.91 Å². The number of hydrogen-bond acceptors (Lipinski definition) is 3. The van der Waals surface area contributed by atoms with Crippen LogP contribution in [0.25, 0.3) is 0 Å². The highest BCUT2D eigenvalue weighted by Crippen LogP contribution is 2.19. The number of benzene rings is 2. The second-order valence-electron chi connectivity index (χ2n) is 6.24. The SMILES string of the molecule is Cc1ccccc1O[C@@H](C)C(=O)Nc1ccc(OCC(C)C)cc1. The second-order valence-corrected chi connectivity index (χ2v) is 6.24. The summed E-state index contributed by atoms with van der Waals surface area (Å²) in [6, 6.07) is 15.0. The summed E-state index contributed by atoms with van der Waals surface area (Å²) < 4.78 is 11.4. The van der Waals surface area contributed by atoms with E-state index in [-0.39, 0.29) is 5.91 Å². The molecule has 4 heteroatoms. The van der Waals surface area contributed by atoms with Gasteiger partial charge in [0.2, 0.25) is 0 Å². The van der Waals surface area contributed by atoms with Gasteiger partial charge < -0.3 is 14.8 Å². The van der Waals surface area contributed by atoms with E-state index in [1.165, 1.54) is 0 Å². The first kappa shape index (κ1) is 17.9. The molecule has 0 bridgehead atoms. The number of anilines is 1. The zero-order valence-corrected chi connectivity index (χ0v) is 14.7. The van der Waals surface area contributed by atoms with Gasteiger partial charge in [-0.2, -0.15) is 0 Å². The maximum absolute atomic E-state index is 12.3. The molecule has 0 saturated heterocycles. The summed E-state index contributed by atoms with van der Waals surface area (Å²) >= 11 is 0. The lowest BCUT2D eigenvalue weighted by molar-refractivity contribution is -0.122. The van der Waals surface area contributed by atoms with Crippen LogP contribution < -0.4 is 14.8 Å². The fraction of sp³-hybridized carbons (Fsp3) is 0.350. The quantitative estimate of drug-likeness (QED) is 0.818. The minimum atomic E-state index is -0.581. The monoisotopic (exact) mass is 327 g/mol. The van der Waals surface area contributed by atoms with Gasteiger partial charge in [-0.15, -0.1) is 0 Å². The van der Waals surface area contributed by atoms with Crippen LogP contribution in [0.4, 0.5) is 5.69 Å². The van der Waals surface area contributed by atoms with Gasteiger partial charge in [-0.3, -0.25) is 4.79 Å². The van der Waals surface area contributed by atoms with Crippen LogP contribution in [0.15, 0.2) is 48.5 Å². The van der Waals surface area contributed by atoms with Crippen molar-refractivity contribution in [3.63, 3.8) is 0 Å². The molecular weight excluding hydrogens is 302 g/mol. The molecule has 0 saturated carbocycles. The van der Waals surface area contributed by atoms with Crippen molar-refractivity contribution in [1.82, 2.24) is 0 Å². The topological polar surface area (TPSA) is 47.6 Å². The van der Waals surface area contributed by atoms with E-state index in [0.717, 1.165) is 22.7 Å². The van der Waals surface area contributed by atoms with Gasteiger partial charge in [-0.05, 0) is 55.7 Å². The summed E-state index contributed by atoms with van der Waals surface area (Å²) in [7, 11) is 0. The van der Waals surface area contributed by atoms with Crippen LogP contribution in [0.3, 0.4) is 0 Å². The summed E-state index contributed by atoms with van der Waals surface area (Å²) in [6.45, 7) is 8.57. The third-order valence-electron chi connectivity index (χ3n) is 3.47. The lowest BCUT2D eigenvalue weighted by Crippen LogP contribution is -2.30. The number of rotatable bonds is 7. The van der Waals surface area contributed by atoms with Gasteiger partial charge in [-0.1, -0.05) is 32.0 Å². The Labute approximate surface area is 143 Å². The third kappa shape index (κ3) is 5.30. The standard InChI is InChI=1S/C20H25NO3/c1-14(2)13-23-18-11-9-17(10-12-18)21-20(22)16(4)24-19-8-6-5-7-15(19)3/h5-12,14,16H,13H2,1-4H3,(H,21,22)/t16-/m0/s1. The first-order chi connectivity index (χ1) is 11.5. The maximum atomic E-state index is 12.3. The van der Waals surface area contributed by atoms with Crippen molar-refractivity contribution >= 4 is 11.6 Å². The molecular formula is C20H25NO3. The predicted octanol–water partition coefficient (Wildman–Crippen LogP) is 4.44. The summed E-state index contributed by atoms with van der Waals surface area (Å²) in [6.07, 6.45) is -0.581. The Morgan fingerprint density at radius 3 is 2.33 bits per heavy atom. The van der Waals surface area contributed by atoms with E-state index in [0.29, 0.717) is 12.5 Å². The number of aryl methyl sites for hydroxylation is 1.